The van der Waals surface area contributed by atoms with Gasteiger partial charge in [0.15, 0.2) is 0 Å². The van der Waals surface area contributed by atoms with E-state index in [4.69, 9.17) is 22.2 Å². The fourth-order valence-electron chi connectivity index (χ4n) is 5.94. The molecule has 314 valence electrons. The fraction of sp³-hybridized carbons (Fsp3) is 0.108. The Balaban J connectivity index is 0.00000163. The first-order valence-electron chi connectivity index (χ1n) is 16.9. The van der Waals surface area contributed by atoms with Crippen molar-refractivity contribution in [1.82, 2.24) is 4.90 Å². The van der Waals surface area contributed by atoms with Crippen molar-refractivity contribution in [3.8, 4) is 22.5 Å². The van der Waals surface area contributed by atoms with Crippen LogP contribution >= 0.6 is 0 Å². The lowest BCUT2D eigenvalue weighted by Crippen LogP contribution is -2.28. The van der Waals surface area contributed by atoms with Gasteiger partial charge in [0, 0.05) is 65.6 Å². The van der Waals surface area contributed by atoms with E-state index >= 15 is 0 Å². The van der Waals surface area contributed by atoms with E-state index in [1.165, 1.54) is 54.4 Å². The van der Waals surface area contributed by atoms with Crippen molar-refractivity contribution in [3.05, 3.63) is 114 Å². The van der Waals surface area contributed by atoms with Gasteiger partial charge in [-0.3, -0.25) is 23.2 Å². The van der Waals surface area contributed by atoms with Gasteiger partial charge in [-0.25, -0.2) is 4.99 Å². The Hall–Kier alpha value is -6.34. The van der Waals surface area contributed by atoms with Crippen LogP contribution in [-0.2, 0) is 45.8 Å². The summed E-state index contributed by atoms with van der Waals surface area (Å²) in [7, 11) is -15.6. The van der Waals surface area contributed by atoms with Gasteiger partial charge < -0.3 is 19.7 Å². The summed E-state index contributed by atoms with van der Waals surface area (Å²) in [5, 5.41) is 12.3. The quantitative estimate of drug-likeness (QED) is 0.0809. The molecule has 6 rings (SSSR count). The summed E-state index contributed by atoms with van der Waals surface area (Å²) >= 11 is 0. The summed E-state index contributed by atoms with van der Waals surface area (Å²) in [5.41, 5.74) is 2.14. The highest BCUT2D eigenvalue weighted by molar-refractivity contribution is 7.86. The monoisotopic (exact) mass is 901 g/mol. The Bertz CT molecular complexity index is 3130. The van der Waals surface area contributed by atoms with Crippen LogP contribution in [0.25, 0.3) is 33.4 Å². The molecule has 19 nitrogen and oxygen atoms in total. The predicted molar refractivity (Wildman–Crippen MR) is 213 cm³/mol. The van der Waals surface area contributed by atoms with E-state index in [-0.39, 0.29) is 57.8 Å². The number of nitrogens with zero attached hydrogens (tertiary/aromatic N) is 2. The average molecular weight is 902 g/mol. The van der Waals surface area contributed by atoms with Crippen molar-refractivity contribution in [2.24, 2.45) is 4.99 Å². The zero-order valence-corrected chi connectivity index (χ0v) is 33.9. The van der Waals surface area contributed by atoms with Crippen LogP contribution in [0, 0.1) is 0 Å². The number of rotatable bonds is 12. The van der Waals surface area contributed by atoms with Crippen molar-refractivity contribution in [2.45, 2.75) is 27.5 Å². The van der Waals surface area contributed by atoms with E-state index in [0.29, 0.717) is 27.9 Å². The summed E-state index contributed by atoms with van der Waals surface area (Å²) in [6.07, 6.45) is 0.0267. The molecule has 0 unspecified atom stereocenters. The molecule has 4 aromatic carbocycles. The Morgan fingerprint density at radius 3 is 1.87 bits per heavy atom. The second-order valence-corrected chi connectivity index (χ2v) is 17.3. The highest BCUT2D eigenvalue weighted by atomic mass is 32.2. The number of nitrogens with one attached hydrogen (secondary N) is 1. The molecular weight excluding hydrogens is 871 g/mol. The standard InChI is InChI=1S/C37H31N3O13S3.O3S/c1-40(18-4-7-35(41)42)37(43)28-6-3-2-5-27(28)36-29-17-12-24(38-22-8-13-25(14-9-22)54(44,45)46)19-32(29)53-33-21-31(34(20-30(33)36)56(50,51)52)39-23-10-15-26(16-11-23)55(47,48)49;1-4(2)3/h2-3,5-6,8-17,19-21,38H,4,7,18H2,1H3,(H,41,42)(H,44,45,46)(H,47,48,49)(H,50,51,52);. The Kier molecular flexibility index (Phi) is 13.3. The van der Waals surface area contributed by atoms with Crippen molar-refractivity contribution >= 4 is 80.9 Å². The number of hydrogen-bond acceptors (Lipinski definition) is 14. The zero-order valence-electron chi connectivity index (χ0n) is 30.7. The smallest absolute Gasteiger partial charge is 0.425 e. The summed E-state index contributed by atoms with van der Waals surface area (Å²) in [6, 6.07) is 23.5. The van der Waals surface area contributed by atoms with Gasteiger partial charge in [-0.15, -0.1) is 12.6 Å². The lowest BCUT2D eigenvalue weighted by Gasteiger charge is -2.22. The molecule has 60 heavy (non-hydrogen) atoms. The highest BCUT2D eigenvalue weighted by Gasteiger charge is 2.26. The predicted octanol–water partition coefficient (Wildman–Crippen LogP) is 4.85. The summed E-state index contributed by atoms with van der Waals surface area (Å²) in [5.74, 6) is -1.44. The molecule has 2 aliphatic rings. The van der Waals surface area contributed by atoms with E-state index < -0.39 is 62.6 Å². The molecule has 0 bridgehead atoms. The van der Waals surface area contributed by atoms with Crippen molar-refractivity contribution in [2.75, 3.05) is 18.9 Å². The topological polar surface area (TPSA) is 309 Å². The van der Waals surface area contributed by atoms with Crippen molar-refractivity contribution in [3.63, 3.8) is 0 Å². The van der Waals surface area contributed by atoms with E-state index in [9.17, 15) is 48.5 Å². The number of hydrogen-bond donors (Lipinski definition) is 5. The van der Waals surface area contributed by atoms with Gasteiger partial charge in [-0.1, -0.05) is 18.2 Å². The van der Waals surface area contributed by atoms with E-state index in [2.05, 4.69) is 10.3 Å². The van der Waals surface area contributed by atoms with Crippen LogP contribution in [0.1, 0.15) is 23.2 Å². The van der Waals surface area contributed by atoms with Gasteiger partial charge in [0.2, 0.25) is 0 Å². The third kappa shape index (κ3) is 11.0. The average Bonchev–Trinajstić information content (AvgIpc) is 3.15. The second-order valence-electron chi connectivity index (χ2n) is 12.7. The van der Waals surface area contributed by atoms with Crippen LogP contribution in [0.3, 0.4) is 0 Å². The third-order valence-electron chi connectivity index (χ3n) is 8.56. The van der Waals surface area contributed by atoms with Gasteiger partial charge in [0.05, 0.1) is 20.8 Å². The maximum absolute atomic E-state index is 13.9. The molecule has 0 radical (unpaired) electrons. The normalized spacial score (nSPS) is 12.1. The number of carboxylic acids is 1. The number of fused-ring (bicyclic) bond motifs is 2. The summed E-state index contributed by atoms with van der Waals surface area (Å²) in [6.45, 7) is 0.119. The minimum atomic E-state index is -5.00. The van der Waals surface area contributed by atoms with Crippen LogP contribution in [0.15, 0.2) is 127 Å². The third-order valence-corrected chi connectivity index (χ3v) is 11.2. The number of anilines is 2. The molecule has 0 fully saturated rings. The maximum Gasteiger partial charge on any atom is 0.425 e. The number of carbonyl (C=O) groups excluding carboxylic acids is 1. The number of benzene rings is 5. The molecule has 1 amide bonds. The zero-order chi connectivity index (χ0) is 44.2. The number of carbonyl (C=O) groups is 2. The van der Waals surface area contributed by atoms with Crippen LogP contribution < -0.4 is 10.7 Å². The van der Waals surface area contributed by atoms with Gasteiger partial charge in [0.1, 0.15) is 16.2 Å². The molecule has 0 aromatic heterocycles. The lowest BCUT2D eigenvalue weighted by atomic mass is 9.90. The Labute approximate surface area is 342 Å². The molecule has 0 atom stereocenters. The lowest BCUT2D eigenvalue weighted by molar-refractivity contribution is -0.137. The van der Waals surface area contributed by atoms with Crippen molar-refractivity contribution < 1.29 is 70.7 Å². The van der Waals surface area contributed by atoms with Gasteiger partial charge in [0.25, 0.3) is 36.3 Å². The van der Waals surface area contributed by atoms with Crippen LogP contribution in [0.4, 0.5) is 17.1 Å². The second kappa shape index (κ2) is 17.9. The van der Waals surface area contributed by atoms with E-state index in [1.54, 1.807) is 42.5 Å². The minimum Gasteiger partial charge on any atom is -0.481 e. The molecule has 0 saturated carbocycles. The SMILES string of the molecule is CN(CCCC(=O)O)C(=O)c1ccccc1-c1c2cc(S(=O)(=O)O)c(=Nc3ccc(S(=O)(=O)O)cc3)cc-2oc2cc(Nc3ccc(S(=O)(=O)O)cc3)ccc12.O=S(=O)=O. The van der Waals surface area contributed by atoms with Crippen LogP contribution in [0.2, 0.25) is 0 Å². The molecule has 1 aliphatic carbocycles. The van der Waals surface area contributed by atoms with E-state index in [1.807, 2.05) is 0 Å². The summed E-state index contributed by atoms with van der Waals surface area (Å²) < 4.78 is 133. The molecule has 23 heteroatoms. The number of aliphatic carboxylic acids is 1. The van der Waals surface area contributed by atoms with Crippen molar-refractivity contribution in [1.29, 1.82) is 0 Å². The summed E-state index contributed by atoms with van der Waals surface area (Å²) in [4.78, 5) is 29.3. The fourth-order valence-corrected chi connectivity index (χ4v) is 7.53. The van der Waals surface area contributed by atoms with Crippen LogP contribution in [-0.4, -0.2) is 87.0 Å². The minimum absolute atomic E-state index is 0.0416. The Morgan fingerprint density at radius 2 is 1.30 bits per heavy atom. The number of carboxylic acid groups (broad SMARTS) is 1. The number of amides is 1. The molecule has 0 spiro atoms. The largest absolute Gasteiger partial charge is 0.481 e. The maximum atomic E-state index is 13.9. The highest BCUT2D eigenvalue weighted by Crippen LogP contribution is 2.43. The van der Waals surface area contributed by atoms with Crippen LogP contribution in [0.5, 0.6) is 0 Å². The first-order chi connectivity index (χ1) is 28.0. The molecule has 1 aliphatic heterocycles. The van der Waals surface area contributed by atoms with Gasteiger partial charge in [-0.2, -0.15) is 25.3 Å². The first kappa shape index (κ1) is 44.8. The van der Waals surface area contributed by atoms with Gasteiger partial charge >= 0.3 is 16.6 Å². The molecule has 0 saturated heterocycles. The van der Waals surface area contributed by atoms with E-state index in [0.717, 1.165) is 18.2 Å². The van der Waals surface area contributed by atoms with Gasteiger partial charge in [-0.05, 0) is 84.8 Å². The first-order valence-corrected chi connectivity index (χ1v) is 22.2. The Morgan fingerprint density at radius 1 is 0.733 bits per heavy atom. The molecule has 5 N–H and O–H groups in total. The molecule has 4 aromatic rings. The molecule has 1 heterocycles. The molecular formula is C37H31N3O16S4.